The molecule has 0 aliphatic rings. The highest BCUT2D eigenvalue weighted by molar-refractivity contribution is 7.89. The lowest BCUT2D eigenvalue weighted by molar-refractivity contribution is -0.118. The maximum atomic E-state index is 12.4. The molecular formula is C11H14Cl2N2O3S. The Labute approximate surface area is 122 Å². The quantitative estimate of drug-likeness (QED) is 0.897. The smallest absolute Gasteiger partial charge is 0.243 e. The molecule has 0 heterocycles. The number of halogens is 2. The van der Waals surface area contributed by atoms with Crippen LogP contribution in [0.25, 0.3) is 0 Å². The van der Waals surface area contributed by atoms with Gasteiger partial charge < -0.3 is 5.73 Å². The van der Waals surface area contributed by atoms with Gasteiger partial charge in [-0.15, -0.1) is 0 Å². The average Bonchev–Trinajstić information content (AvgIpc) is 2.28. The van der Waals surface area contributed by atoms with Crippen LogP contribution in [0.5, 0.6) is 0 Å². The lowest BCUT2D eigenvalue weighted by Crippen LogP contribution is -2.42. The number of carbonyl (C=O) groups is 1. The van der Waals surface area contributed by atoms with Crippen molar-refractivity contribution in [2.45, 2.75) is 24.8 Å². The van der Waals surface area contributed by atoms with Crippen molar-refractivity contribution in [2.24, 2.45) is 5.73 Å². The second-order valence-corrected chi connectivity index (χ2v) is 6.89. The molecule has 0 fully saturated rings. The van der Waals surface area contributed by atoms with Crippen LogP contribution in [0.15, 0.2) is 23.1 Å². The Morgan fingerprint density at radius 1 is 1.32 bits per heavy atom. The Hall–Kier alpha value is -0.820. The van der Waals surface area contributed by atoms with Crippen LogP contribution in [0.4, 0.5) is 0 Å². The summed E-state index contributed by atoms with van der Waals surface area (Å²) >= 11 is 11.5. The highest BCUT2D eigenvalue weighted by Crippen LogP contribution is 2.27. The summed E-state index contributed by atoms with van der Waals surface area (Å²) < 4.78 is 25.8. The van der Waals surface area contributed by atoms with Crippen molar-refractivity contribution in [1.82, 2.24) is 4.31 Å². The zero-order valence-corrected chi connectivity index (χ0v) is 12.8. The van der Waals surface area contributed by atoms with Crippen molar-refractivity contribution in [3.8, 4) is 0 Å². The predicted octanol–water partition coefficient (Wildman–Crippen LogP) is 1.88. The van der Waals surface area contributed by atoms with Crippen LogP contribution < -0.4 is 5.73 Å². The van der Waals surface area contributed by atoms with E-state index < -0.39 is 22.0 Å². The number of carbonyl (C=O) groups excluding carboxylic acids is 1. The van der Waals surface area contributed by atoms with Gasteiger partial charge in [-0.1, -0.05) is 23.2 Å². The minimum absolute atomic E-state index is 0.0307. The molecule has 0 spiro atoms. The molecule has 5 nitrogen and oxygen atoms in total. The van der Waals surface area contributed by atoms with Gasteiger partial charge in [0.25, 0.3) is 0 Å². The van der Waals surface area contributed by atoms with E-state index in [4.69, 9.17) is 28.9 Å². The van der Waals surface area contributed by atoms with E-state index in [2.05, 4.69) is 0 Å². The Bertz CT molecular complexity index is 588. The first-order chi connectivity index (χ1) is 8.66. The van der Waals surface area contributed by atoms with Crippen LogP contribution in [0, 0.1) is 0 Å². The molecule has 0 aromatic heterocycles. The van der Waals surface area contributed by atoms with Crippen molar-refractivity contribution < 1.29 is 13.2 Å². The van der Waals surface area contributed by atoms with E-state index in [0.717, 1.165) is 4.31 Å². The maximum absolute atomic E-state index is 12.4. The molecule has 1 aromatic carbocycles. The van der Waals surface area contributed by atoms with Gasteiger partial charge in [-0.05, 0) is 32.0 Å². The number of amides is 1. The zero-order valence-electron chi connectivity index (χ0n) is 10.4. The number of primary amides is 1. The van der Waals surface area contributed by atoms with Crippen LogP contribution in [0.2, 0.25) is 10.0 Å². The molecule has 2 N–H and O–H groups in total. The van der Waals surface area contributed by atoms with Gasteiger partial charge in [0, 0.05) is 6.04 Å². The van der Waals surface area contributed by atoms with Crippen molar-refractivity contribution in [3.05, 3.63) is 28.2 Å². The molecule has 106 valence electrons. The molecule has 0 aliphatic heterocycles. The molecule has 0 aliphatic carbocycles. The van der Waals surface area contributed by atoms with Gasteiger partial charge in [-0.2, -0.15) is 4.31 Å². The summed E-state index contributed by atoms with van der Waals surface area (Å²) in [5.41, 5.74) is 5.07. The molecule has 0 saturated carbocycles. The summed E-state index contributed by atoms with van der Waals surface area (Å²) in [7, 11) is -3.85. The van der Waals surface area contributed by atoms with Gasteiger partial charge in [-0.25, -0.2) is 8.42 Å². The second kappa shape index (κ2) is 6.09. The van der Waals surface area contributed by atoms with Gasteiger partial charge in [0.2, 0.25) is 15.9 Å². The first-order valence-corrected chi connectivity index (χ1v) is 7.61. The van der Waals surface area contributed by atoms with E-state index in [0.29, 0.717) is 0 Å². The van der Waals surface area contributed by atoms with Gasteiger partial charge in [0.1, 0.15) is 0 Å². The Balaban J connectivity index is 3.26. The first kappa shape index (κ1) is 16.2. The molecular weight excluding hydrogens is 311 g/mol. The van der Waals surface area contributed by atoms with Gasteiger partial charge >= 0.3 is 0 Å². The monoisotopic (exact) mass is 324 g/mol. The van der Waals surface area contributed by atoms with Crippen LogP contribution in [0.3, 0.4) is 0 Å². The number of nitrogens with zero attached hydrogens (tertiary/aromatic N) is 1. The maximum Gasteiger partial charge on any atom is 0.243 e. The minimum Gasteiger partial charge on any atom is -0.369 e. The second-order valence-electron chi connectivity index (χ2n) is 4.19. The van der Waals surface area contributed by atoms with E-state index in [9.17, 15) is 13.2 Å². The van der Waals surface area contributed by atoms with Crippen molar-refractivity contribution >= 4 is 39.1 Å². The number of rotatable bonds is 5. The highest BCUT2D eigenvalue weighted by atomic mass is 35.5. The molecule has 1 rings (SSSR count). The summed E-state index contributed by atoms with van der Waals surface area (Å²) in [6.45, 7) is 2.91. The van der Waals surface area contributed by atoms with Crippen LogP contribution in [-0.2, 0) is 14.8 Å². The summed E-state index contributed by atoms with van der Waals surface area (Å²) in [5.74, 6) is -0.725. The lowest BCUT2D eigenvalue weighted by Gasteiger charge is -2.24. The molecule has 0 saturated heterocycles. The summed E-state index contributed by atoms with van der Waals surface area (Å²) in [4.78, 5) is 11.0. The third-order valence-corrected chi connectivity index (χ3v) is 5.14. The number of benzene rings is 1. The van der Waals surface area contributed by atoms with Gasteiger partial charge in [-0.3, -0.25) is 4.79 Å². The zero-order chi connectivity index (χ0) is 14.8. The van der Waals surface area contributed by atoms with Crippen molar-refractivity contribution in [1.29, 1.82) is 0 Å². The fourth-order valence-corrected chi connectivity index (χ4v) is 3.46. The Morgan fingerprint density at radius 3 is 2.32 bits per heavy atom. The fourth-order valence-electron chi connectivity index (χ4n) is 1.47. The van der Waals surface area contributed by atoms with Crippen LogP contribution in [-0.4, -0.2) is 31.2 Å². The number of sulfonamides is 1. The molecule has 19 heavy (non-hydrogen) atoms. The van der Waals surface area contributed by atoms with E-state index in [1.807, 2.05) is 0 Å². The molecule has 0 unspecified atom stereocenters. The van der Waals surface area contributed by atoms with Crippen molar-refractivity contribution in [2.75, 3.05) is 6.54 Å². The number of hydrogen-bond donors (Lipinski definition) is 1. The summed E-state index contributed by atoms with van der Waals surface area (Å²) in [5, 5.41) is 0.386. The van der Waals surface area contributed by atoms with Gasteiger partial charge in [0.05, 0.1) is 21.5 Å². The van der Waals surface area contributed by atoms with Crippen molar-refractivity contribution in [3.63, 3.8) is 0 Å². The highest BCUT2D eigenvalue weighted by Gasteiger charge is 2.28. The van der Waals surface area contributed by atoms with E-state index in [1.165, 1.54) is 18.2 Å². The third-order valence-electron chi connectivity index (χ3n) is 2.39. The Kier molecular flexibility index (Phi) is 5.20. The lowest BCUT2D eigenvalue weighted by atomic mass is 10.4. The SMILES string of the molecule is CC(C)N(CC(N)=O)S(=O)(=O)c1ccc(Cl)c(Cl)c1. The van der Waals surface area contributed by atoms with Crippen LogP contribution in [0.1, 0.15) is 13.8 Å². The number of hydrogen-bond acceptors (Lipinski definition) is 3. The molecule has 1 aromatic rings. The topological polar surface area (TPSA) is 80.5 Å². The fraction of sp³-hybridized carbons (Fsp3) is 0.364. The van der Waals surface area contributed by atoms with Gasteiger partial charge in [0.15, 0.2) is 0 Å². The molecule has 8 heteroatoms. The largest absolute Gasteiger partial charge is 0.369 e. The normalized spacial score (nSPS) is 12.1. The minimum atomic E-state index is -3.85. The number of nitrogens with two attached hydrogens (primary N) is 1. The Morgan fingerprint density at radius 2 is 1.89 bits per heavy atom. The summed E-state index contributed by atoms with van der Waals surface area (Å²) in [6, 6.07) is 3.56. The molecule has 1 amide bonds. The van der Waals surface area contributed by atoms with Crippen LogP contribution >= 0.6 is 23.2 Å². The predicted molar refractivity (Wildman–Crippen MR) is 74.7 cm³/mol. The van der Waals surface area contributed by atoms with E-state index >= 15 is 0 Å². The average molecular weight is 325 g/mol. The molecule has 0 atom stereocenters. The molecule has 0 bridgehead atoms. The standard InChI is InChI=1S/C11H14Cl2N2O3S/c1-7(2)15(6-11(14)16)19(17,18)8-3-4-9(12)10(13)5-8/h3-5,7H,6H2,1-2H3,(H2,14,16). The first-order valence-electron chi connectivity index (χ1n) is 5.41. The molecule has 0 radical (unpaired) electrons. The third kappa shape index (κ3) is 3.82. The van der Waals surface area contributed by atoms with E-state index in [1.54, 1.807) is 13.8 Å². The summed E-state index contributed by atoms with van der Waals surface area (Å²) in [6.07, 6.45) is 0. The van der Waals surface area contributed by atoms with E-state index in [-0.39, 0.29) is 21.5 Å².